The van der Waals surface area contributed by atoms with E-state index in [4.69, 9.17) is 11.6 Å². The largest absolute Gasteiger partial charge is 0.364 e. The molecule has 0 unspecified atom stereocenters. The molecule has 0 saturated carbocycles. The van der Waals surface area contributed by atoms with E-state index in [1.807, 2.05) is 0 Å². The molecule has 0 radical (unpaired) electrons. The predicted molar refractivity (Wildman–Crippen MR) is 64.6 cm³/mol. The summed E-state index contributed by atoms with van der Waals surface area (Å²) in [6.07, 6.45) is 2.26. The van der Waals surface area contributed by atoms with Crippen molar-refractivity contribution in [2.75, 3.05) is 18.1 Å². The second kappa shape index (κ2) is 5.18. The molecule has 0 aliphatic carbocycles. The molecule has 0 spiro atoms. The molecular formula is C10H10ClFN4O2. The maximum Gasteiger partial charge on any atom is 0.274 e. The van der Waals surface area contributed by atoms with Crippen molar-refractivity contribution in [3.8, 4) is 0 Å². The minimum absolute atomic E-state index is 0.242. The number of alkyl halides is 1. The maximum absolute atomic E-state index is 12.9. The van der Waals surface area contributed by atoms with Crippen molar-refractivity contribution >= 4 is 17.3 Å². The van der Waals surface area contributed by atoms with E-state index in [9.17, 15) is 14.5 Å². The van der Waals surface area contributed by atoms with E-state index in [0.717, 1.165) is 6.20 Å². The van der Waals surface area contributed by atoms with Crippen LogP contribution >= 0.6 is 11.6 Å². The molecule has 0 bridgehead atoms. The highest BCUT2D eigenvalue weighted by Gasteiger charge is 2.31. The third kappa shape index (κ3) is 2.51. The molecule has 2 rings (SSSR count). The molecule has 1 fully saturated rings. The fourth-order valence-corrected chi connectivity index (χ4v) is 1.90. The third-order valence-electron chi connectivity index (χ3n) is 2.54. The van der Waals surface area contributed by atoms with Crippen LogP contribution in [0.4, 0.5) is 10.1 Å². The second-order valence-electron chi connectivity index (χ2n) is 3.70. The van der Waals surface area contributed by atoms with Gasteiger partial charge < -0.3 is 10.2 Å². The van der Waals surface area contributed by atoms with Gasteiger partial charge in [0.2, 0.25) is 0 Å². The zero-order valence-electron chi connectivity index (χ0n) is 9.22. The monoisotopic (exact) mass is 272 g/mol. The Balaban J connectivity index is 2.35. The average molecular weight is 273 g/mol. The van der Waals surface area contributed by atoms with Crippen LogP contribution in [0.15, 0.2) is 30.4 Å². The van der Waals surface area contributed by atoms with Crippen molar-refractivity contribution < 1.29 is 9.31 Å². The van der Waals surface area contributed by atoms with Crippen molar-refractivity contribution in [2.45, 2.75) is 6.04 Å². The Kier molecular flexibility index (Phi) is 3.61. The lowest BCUT2D eigenvalue weighted by atomic mass is 10.3. The molecule has 2 heterocycles. The van der Waals surface area contributed by atoms with Crippen LogP contribution in [0, 0.1) is 10.1 Å². The summed E-state index contributed by atoms with van der Waals surface area (Å²) in [5, 5.41) is 13.6. The molecule has 1 N–H and O–H groups in total. The summed E-state index contributed by atoms with van der Waals surface area (Å²) in [6, 6.07) is 2.70. The number of aromatic nitrogens is 1. The number of rotatable bonds is 3. The zero-order valence-corrected chi connectivity index (χ0v) is 9.97. The van der Waals surface area contributed by atoms with Gasteiger partial charge >= 0.3 is 0 Å². The number of halogens is 2. The summed E-state index contributed by atoms with van der Waals surface area (Å²) in [6.45, 7) is -0.316. The normalized spacial score (nSPS) is 21.1. The Labute approximate surface area is 107 Å². The molecular weight excluding hydrogens is 263 g/mol. The lowest BCUT2D eigenvalue weighted by Crippen LogP contribution is -2.31. The van der Waals surface area contributed by atoms with E-state index in [0.29, 0.717) is 17.4 Å². The lowest BCUT2D eigenvalue weighted by Gasteiger charge is -2.22. The van der Waals surface area contributed by atoms with E-state index < -0.39 is 17.6 Å². The SMILES string of the molecule is O=[N+]([O-])/C=C1\NC[C@@H](CF)N1c1ccc(Cl)nc1. The van der Waals surface area contributed by atoms with Gasteiger partial charge in [0.25, 0.3) is 6.20 Å². The quantitative estimate of drug-likeness (QED) is 0.514. The number of nitro groups is 1. The fourth-order valence-electron chi connectivity index (χ4n) is 1.79. The number of nitrogens with zero attached hydrogens (tertiary/aromatic N) is 3. The van der Waals surface area contributed by atoms with Gasteiger partial charge in [-0.25, -0.2) is 9.37 Å². The molecule has 1 atom stereocenters. The van der Waals surface area contributed by atoms with Crippen LogP contribution < -0.4 is 10.2 Å². The second-order valence-corrected chi connectivity index (χ2v) is 4.09. The van der Waals surface area contributed by atoms with Crippen molar-refractivity contribution in [3.05, 3.63) is 45.6 Å². The average Bonchev–Trinajstić information content (AvgIpc) is 2.72. The molecule has 0 amide bonds. The number of anilines is 1. The van der Waals surface area contributed by atoms with Gasteiger partial charge in [0.1, 0.15) is 11.8 Å². The third-order valence-corrected chi connectivity index (χ3v) is 2.76. The molecule has 1 saturated heterocycles. The minimum Gasteiger partial charge on any atom is -0.364 e. The Bertz CT molecular complexity index is 479. The van der Waals surface area contributed by atoms with Gasteiger partial charge in [-0.3, -0.25) is 10.1 Å². The summed E-state index contributed by atoms with van der Waals surface area (Å²) in [4.78, 5) is 15.3. The Morgan fingerprint density at radius 1 is 1.72 bits per heavy atom. The smallest absolute Gasteiger partial charge is 0.274 e. The van der Waals surface area contributed by atoms with Gasteiger partial charge in [0.05, 0.1) is 22.8 Å². The molecule has 6 nitrogen and oxygen atoms in total. The van der Waals surface area contributed by atoms with Crippen LogP contribution in [-0.2, 0) is 0 Å². The van der Waals surface area contributed by atoms with Crippen LogP contribution in [-0.4, -0.2) is 29.2 Å². The Morgan fingerprint density at radius 2 is 2.50 bits per heavy atom. The molecule has 18 heavy (non-hydrogen) atoms. The van der Waals surface area contributed by atoms with E-state index in [1.165, 1.54) is 11.1 Å². The van der Waals surface area contributed by atoms with Crippen molar-refractivity contribution in [1.29, 1.82) is 0 Å². The highest BCUT2D eigenvalue weighted by molar-refractivity contribution is 6.29. The summed E-state index contributed by atoms with van der Waals surface area (Å²) in [5.41, 5.74) is 0.556. The zero-order chi connectivity index (χ0) is 13.1. The van der Waals surface area contributed by atoms with Gasteiger partial charge in [-0.15, -0.1) is 0 Å². The van der Waals surface area contributed by atoms with Crippen molar-refractivity contribution in [3.63, 3.8) is 0 Å². The molecule has 1 aromatic rings. The maximum atomic E-state index is 12.9. The first-order chi connectivity index (χ1) is 8.61. The molecule has 1 aliphatic heterocycles. The topological polar surface area (TPSA) is 71.3 Å². The van der Waals surface area contributed by atoms with Gasteiger partial charge in [0, 0.05) is 6.54 Å². The van der Waals surface area contributed by atoms with E-state index in [2.05, 4.69) is 10.3 Å². The number of hydrogen-bond acceptors (Lipinski definition) is 5. The Morgan fingerprint density at radius 3 is 3.06 bits per heavy atom. The molecule has 1 aliphatic rings. The van der Waals surface area contributed by atoms with Gasteiger partial charge in [-0.2, -0.15) is 0 Å². The molecule has 0 aromatic carbocycles. The van der Waals surface area contributed by atoms with E-state index in [-0.39, 0.29) is 5.82 Å². The lowest BCUT2D eigenvalue weighted by molar-refractivity contribution is -0.403. The first kappa shape index (κ1) is 12.6. The minimum atomic E-state index is -0.620. The Hall–Kier alpha value is -1.89. The summed E-state index contributed by atoms with van der Waals surface area (Å²) in [5.74, 6) is 0.242. The highest BCUT2D eigenvalue weighted by atomic mass is 35.5. The van der Waals surface area contributed by atoms with Gasteiger partial charge in [-0.05, 0) is 12.1 Å². The van der Waals surface area contributed by atoms with Crippen LogP contribution in [0.25, 0.3) is 0 Å². The molecule has 96 valence electrons. The summed E-state index contributed by atoms with van der Waals surface area (Å²) >= 11 is 5.67. The summed E-state index contributed by atoms with van der Waals surface area (Å²) < 4.78 is 12.9. The van der Waals surface area contributed by atoms with Crippen LogP contribution in [0.5, 0.6) is 0 Å². The predicted octanol–water partition coefficient (Wildman–Crippen LogP) is 1.56. The van der Waals surface area contributed by atoms with Crippen LogP contribution in [0.3, 0.4) is 0 Å². The number of nitrogens with one attached hydrogen (secondary N) is 1. The first-order valence-corrected chi connectivity index (χ1v) is 5.55. The fraction of sp³-hybridized carbons (Fsp3) is 0.300. The summed E-state index contributed by atoms with van der Waals surface area (Å²) in [7, 11) is 0. The standard InChI is InChI=1S/C10H10ClFN4O2/c11-9-2-1-7(4-13-9)16-8(3-12)5-14-10(16)6-15(17)18/h1-2,4,6,8,14H,3,5H2/b10-6+/t8-/m1/s1. The molecule has 1 aromatic heterocycles. The number of pyridine rings is 1. The highest BCUT2D eigenvalue weighted by Crippen LogP contribution is 2.25. The van der Waals surface area contributed by atoms with Gasteiger partial charge in [0.15, 0.2) is 5.82 Å². The van der Waals surface area contributed by atoms with Crippen molar-refractivity contribution in [1.82, 2.24) is 10.3 Å². The first-order valence-electron chi connectivity index (χ1n) is 5.17. The van der Waals surface area contributed by atoms with Crippen molar-refractivity contribution in [2.24, 2.45) is 0 Å². The van der Waals surface area contributed by atoms with Gasteiger partial charge in [-0.1, -0.05) is 11.6 Å². The van der Waals surface area contributed by atoms with E-state index >= 15 is 0 Å². The molecule has 8 heteroatoms. The van der Waals surface area contributed by atoms with Crippen LogP contribution in [0.2, 0.25) is 5.15 Å². The number of hydrogen-bond donors (Lipinski definition) is 1. The van der Waals surface area contributed by atoms with E-state index in [1.54, 1.807) is 12.1 Å². The van der Waals surface area contributed by atoms with Crippen LogP contribution in [0.1, 0.15) is 0 Å².